The Morgan fingerprint density at radius 3 is 3.05 bits per heavy atom. The Hall–Kier alpha value is -1.88. The zero-order chi connectivity index (χ0) is 13.2. The van der Waals surface area contributed by atoms with Gasteiger partial charge in [0.15, 0.2) is 0 Å². The Morgan fingerprint density at radius 1 is 1.32 bits per heavy atom. The van der Waals surface area contributed by atoms with Crippen LogP contribution in [0.1, 0.15) is 19.3 Å². The van der Waals surface area contributed by atoms with Crippen molar-refractivity contribution in [3.05, 3.63) is 24.5 Å². The van der Waals surface area contributed by atoms with Crippen LogP contribution in [0.15, 0.2) is 24.5 Å². The van der Waals surface area contributed by atoms with Crippen LogP contribution in [-0.2, 0) is 0 Å². The number of nitrogens with one attached hydrogen (secondary N) is 1. The first-order valence-corrected chi connectivity index (χ1v) is 6.65. The third-order valence-corrected chi connectivity index (χ3v) is 3.88. The molecule has 4 N–H and O–H groups in total. The van der Waals surface area contributed by atoms with Crippen molar-refractivity contribution < 1.29 is 5.11 Å². The van der Waals surface area contributed by atoms with E-state index in [4.69, 9.17) is 5.73 Å². The average molecular weight is 258 g/mol. The number of aliphatic hydroxyl groups is 1. The molecular weight excluding hydrogens is 240 g/mol. The van der Waals surface area contributed by atoms with Crippen LogP contribution < -0.4 is 11.1 Å². The maximum Gasteiger partial charge on any atom is 0.137 e. The van der Waals surface area contributed by atoms with Gasteiger partial charge in [-0.15, -0.1) is 0 Å². The van der Waals surface area contributed by atoms with Gasteiger partial charge in [0.25, 0.3) is 0 Å². The molecule has 3 rings (SSSR count). The van der Waals surface area contributed by atoms with Crippen LogP contribution in [0.3, 0.4) is 0 Å². The van der Waals surface area contributed by atoms with Gasteiger partial charge in [-0.2, -0.15) is 0 Å². The Bertz CT molecular complexity index is 587. The van der Waals surface area contributed by atoms with Gasteiger partial charge < -0.3 is 16.2 Å². The van der Waals surface area contributed by atoms with E-state index in [1.807, 2.05) is 18.2 Å². The molecule has 2 unspecified atom stereocenters. The fraction of sp³-hybridized carbons (Fsp3) is 0.429. The summed E-state index contributed by atoms with van der Waals surface area (Å²) in [6, 6.07) is 5.94. The summed E-state index contributed by atoms with van der Waals surface area (Å²) in [5, 5.41) is 13.8. The highest BCUT2D eigenvalue weighted by Crippen LogP contribution is 2.30. The maximum atomic E-state index is 9.37. The molecule has 2 atom stereocenters. The molecular formula is C14H18N4O. The van der Waals surface area contributed by atoms with Gasteiger partial charge in [0.1, 0.15) is 12.1 Å². The molecule has 0 amide bonds. The smallest absolute Gasteiger partial charge is 0.137 e. The lowest BCUT2D eigenvalue weighted by atomic mass is 10.0. The molecule has 5 heteroatoms. The van der Waals surface area contributed by atoms with Crippen LogP contribution in [0.2, 0.25) is 0 Å². The molecule has 1 heterocycles. The van der Waals surface area contributed by atoms with Crippen LogP contribution in [0, 0.1) is 5.92 Å². The number of rotatable bonds is 3. The summed E-state index contributed by atoms with van der Waals surface area (Å²) >= 11 is 0. The number of fused-ring (bicyclic) bond motifs is 1. The first kappa shape index (κ1) is 12.2. The fourth-order valence-corrected chi connectivity index (χ4v) is 2.81. The van der Waals surface area contributed by atoms with Crippen LogP contribution in [-0.4, -0.2) is 27.7 Å². The lowest BCUT2D eigenvalue weighted by Gasteiger charge is -2.20. The van der Waals surface area contributed by atoms with Gasteiger partial charge in [-0.1, -0.05) is 6.42 Å². The van der Waals surface area contributed by atoms with Crippen molar-refractivity contribution in [1.82, 2.24) is 9.97 Å². The molecule has 2 aromatic rings. The van der Waals surface area contributed by atoms with Crippen LogP contribution in [0.25, 0.3) is 10.9 Å². The molecule has 5 nitrogen and oxygen atoms in total. The van der Waals surface area contributed by atoms with Gasteiger partial charge in [-0.3, -0.25) is 0 Å². The van der Waals surface area contributed by atoms with Crippen LogP contribution in [0.5, 0.6) is 0 Å². The number of hydrogen-bond donors (Lipinski definition) is 3. The van der Waals surface area contributed by atoms with Crippen molar-refractivity contribution in [3.63, 3.8) is 0 Å². The zero-order valence-electron chi connectivity index (χ0n) is 10.7. The van der Waals surface area contributed by atoms with Gasteiger partial charge in [-0.25, -0.2) is 9.97 Å². The normalized spacial score (nSPS) is 22.8. The summed E-state index contributed by atoms with van der Waals surface area (Å²) in [5.74, 6) is 1.15. The number of aliphatic hydroxyl groups excluding tert-OH is 1. The number of aromatic nitrogens is 2. The second-order valence-electron chi connectivity index (χ2n) is 5.12. The Kier molecular flexibility index (Phi) is 3.21. The first-order chi connectivity index (χ1) is 9.28. The molecule has 1 aliphatic rings. The summed E-state index contributed by atoms with van der Waals surface area (Å²) in [6.07, 6.45) is 4.85. The Labute approximate surface area is 111 Å². The SMILES string of the molecule is Nc1ccc2c(NC3CCCC3CO)ncnc2c1. The average Bonchev–Trinajstić information content (AvgIpc) is 2.86. The van der Waals surface area contributed by atoms with E-state index in [1.165, 1.54) is 0 Å². The standard InChI is InChI=1S/C14H18N4O/c15-10-4-5-11-13(6-10)16-8-17-14(11)18-12-3-1-2-9(12)7-19/h4-6,8-9,12,19H,1-3,7,15H2,(H,16,17,18). The van der Waals surface area contributed by atoms with Gasteiger partial charge in [0.2, 0.25) is 0 Å². The summed E-state index contributed by atoms with van der Waals surface area (Å²) < 4.78 is 0. The predicted octanol–water partition coefficient (Wildman–Crippen LogP) is 1.78. The monoisotopic (exact) mass is 258 g/mol. The fourth-order valence-electron chi connectivity index (χ4n) is 2.81. The molecule has 0 aliphatic heterocycles. The third-order valence-electron chi connectivity index (χ3n) is 3.88. The summed E-state index contributed by atoms with van der Waals surface area (Å²) in [5.41, 5.74) is 7.31. The van der Waals surface area contributed by atoms with Crippen LogP contribution >= 0.6 is 0 Å². The Morgan fingerprint density at radius 2 is 2.21 bits per heavy atom. The molecule has 0 bridgehead atoms. The number of nitrogens with zero attached hydrogens (tertiary/aromatic N) is 2. The Balaban J connectivity index is 1.92. The molecule has 1 aliphatic carbocycles. The second kappa shape index (κ2) is 5.01. The molecule has 1 saturated carbocycles. The van der Waals surface area contributed by atoms with Gasteiger partial charge in [-0.05, 0) is 31.0 Å². The van der Waals surface area contributed by atoms with Crippen molar-refractivity contribution in [3.8, 4) is 0 Å². The molecule has 1 aromatic carbocycles. The van der Waals surface area contributed by atoms with Crippen molar-refractivity contribution >= 4 is 22.4 Å². The number of benzene rings is 1. The van der Waals surface area contributed by atoms with Gasteiger partial charge in [0, 0.05) is 29.6 Å². The zero-order valence-corrected chi connectivity index (χ0v) is 10.7. The number of nitrogen functional groups attached to an aromatic ring is 1. The quantitative estimate of drug-likeness (QED) is 0.731. The highest BCUT2D eigenvalue weighted by molar-refractivity contribution is 5.90. The minimum absolute atomic E-state index is 0.230. The van der Waals surface area contributed by atoms with E-state index in [9.17, 15) is 5.11 Å². The summed E-state index contributed by atoms with van der Waals surface area (Å²) in [7, 11) is 0. The van der Waals surface area contributed by atoms with Crippen molar-refractivity contribution in [2.75, 3.05) is 17.7 Å². The van der Waals surface area contributed by atoms with E-state index in [-0.39, 0.29) is 6.61 Å². The second-order valence-corrected chi connectivity index (χ2v) is 5.12. The third kappa shape index (κ3) is 2.33. The van der Waals surface area contributed by atoms with E-state index in [1.54, 1.807) is 6.33 Å². The highest BCUT2D eigenvalue weighted by Gasteiger charge is 2.27. The minimum Gasteiger partial charge on any atom is -0.399 e. The molecule has 1 aromatic heterocycles. The van der Waals surface area contributed by atoms with E-state index < -0.39 is 0 Å². The minimum atomic E-state index is 0.230. The number of hydrogen-bond acceptors (Lipinski definition) is 5. The molecule has 19 heavy (non-hydrogen) atoms. The van der Waals surface area contributed by atoms with Gasteiger partial charge in [0.05, 0.1) is 5.52 Å². The lowest BCUT2D eigenvalue weighted by molar-refractivity contribution is 0.222. The lowest BCUT2D eigenvalue weighted by Crippen LogP contribution is -2.26. The van der Waals surface area contributed by atoms with Crippen LogP contribution in [0.4, 0.5) is 11.5 Å². The highest BCUT2D eigenvalue weighted by atomic mass is 16.3. The predicted molar refractivity (Wildman–Crippen MR) is 75.8 cm³/mol. The van der Waals surface area contributed by atoms with Gasteiger partial charge >= 0.3 is 0 Å². The maximum absolute atomic E-state index is 9.37. The van der Waals surface area contributed by atoms with Crippen molar-refractivity contribution in [1.29, 1.82) is 0 Å². The molecule has 0 radical (unpaired) electrons. The van der Waals surface area contributed by atoms with Crippen molar-refractivity contribution in [2.45, 2.75) is 25.3 Å². The van der Waals surface area contributed by atoms with E-state index in [0.29, 0.717) is 17.6 Å². The molecule has 0 saturated heterocycles. The van der Waals surface area contributed by atoms with E-state index in [0.717, 1.165) is 36.0 Å². The molecule has 100 valence electrons. The topological polar surface area (TPSA) is 84.1 Å². The number of anilines is 2. The molecule has 0 spiro atoms. The summed E-state index contributed by atoms with van der Waals surface area (Å²) in [6.45, 7) is 0.230. The summed E-state index contributed by atoms with van der Waals surface area (Å²) in [4.78, 5) is 8.56. The van der Waals surface area contributed by atoms with E-state index in [2.05, 4.69) is 15.3 Å². The first-order valence-electron chi connectivity index (χ1n) is 6.65. The van der Waals surface area contributed by atoms with Crippen molar-refractivity contribution in [2.24, 2.45) is 5.92 Å². The number of nitrogens with two attached hydrogens (primary N) is 1. The largest absolute Gasteiger partial charge is 0.399 e. The van der Waals surface area contributed by atoms with E-state index >= 15 is 0 Å². The molecule has 1 fully saturated rings.